The van der Waals surface area contributed by atoms with Crippen LogP contribution in [0.5, 0.6) is 0 Å². The summed E-state index contributed by atoms with van der Waals surface area (Å²) in [7, 11) is 0. The molecular formula is C22H23FN4O2S2. The number of thiocarbonyl (C=S) groups is 2. The Morgan fingerprint density at radius 1 is 1.16 bits per heavy atom. The molecule has 0 saturated carbocycles. The van der Waals surface area contributed by atoms with Crippen molar-refractivity contribution in [3.63, 3.8) is 0 Å². The Labute approximate surface area is 191 Å². The molecule has 1 aliphatic heterocycles. The van der Waals surface area contributed by atoms with Gasteiger partial charge in [0.25, 0.3) is 0 Å². The van der Waals surface area contributed by atoms with Gasteiger partial charge in [0.05, 0.1) is 23.9 Å². The Hall–Kier alpha value is -3.04. The van der Waals surface area contributed by atoms with Crippen molar-refractivity contribution in [2.45, 2.75) is 26.8 Å². The number of benzene rings is 2. The lowest BCUT2D eigenvalue weighted by molar-refractivity contribution is -0.139. The molecule has 2 aromatic rings. The zero-order valence-electron chi connectivity index (χ0n) is 17.3. The van der Waals surface area contributed by atoms with E-state index in [1.54, 1.807) is 32.9 Å². The van der Waals surface area contributed by atoms with E-state index >= 15 is 0 Å². The quantitative estimate of drug-likeness (QED) is 0.391. The van der Waals surface area contributed by atoms with E-state index < -0.39 is 12.0 Å². The van der Waals surface area contributed by atoms with Gasteiger partial charge in [0.2, 0.25) is 0 Å². The minimum Gasteiger partial charge on any atom is -0.463 e. The Morgan fingerprint density at radius 2 is 1.87 bits per heavy atom. The molecule has 3 rings (SSSR count). The van der Waals surface area contributed by atoms with E-state index in [2.05, 4.69) is 21.3 Å². The lowest BCUT2D eigenvalue weighted by atomic mass is 9.95. The van der Waals surface area contributed by atoms with Gasteiger partial charge in [0.15, 0.2) is 10.2 Å². The van der Waals surface area contributed by atoms with Crippen LogP contribution in [-0.2, 0) is 9.53 Å². The molecule has 0 radical (unpaired) electrons. The first-order chi connectivity index (χ1) is 14.8. The molecule has 9 heteroatoms. The van der Waals surface area contributed by atoms with Gasteiger partial charge in [-0.25, -0.2) is 9.18 Å². The monoisotopic (exact) mass is 458 g/mol. The van der Waals surface area contributed by atoms with E-state index in [4.69, 9.17) is 29.2 Å². The second-order valence-corrected chi connectivity index (χ2v) is 7.74. The highest BCUT2D eigenvalue weighted by molar-refractivity contribution is 7.80. The summed E-state index contributed by atoms with van der Waals surface area (Å²) >= 11 is 10.6. The van der Waals surface area contributed by atoms with Gasteiger partial charge in [-0.2, -0.15) is 0 Å². The minimum atomic E-state index is -0.437. The minimum absolute atomic E-state index is 0.269. The standard InChI is InChI=1S/C22H23FN4O2S2/c1-4-29-20(28)17-13(3)24-21(30)27-19(17)14-8-10-15(11-9-14)25-22(31)26-18-12(2)6-5-7-16(18)23/h5-11,19H,4H2,1-3H3,(H2,24,27,30)(H2,25,26,31). The van der Waals surface area contributed by atoms with Gasteiger partial charge in [0, 0.05) is 11.4 Å². The van der Waals surface area contributed by atoms with Crippen molar-refractivity contribution >= 4 is 52.0 Å². The highest BCUT2D eigenvalue weighted by Gasteiger charge is 2.30. The number of para-hydroxylation sites is 1. The highest BCUT2D eigenvalue weighted by Crippen LogP contribution is 2.28. The number of carbonyl (C=O) groups excluding carboxylic acids is 1. The molecular weight excluding hydrogens is 435 g/mol. The lowest BCUT2D eigenvalue weighted by Crippen LogP contribution is -2.45. The molecule has 1 aliphatic rings. The van der Waals surface area contributed by atoms with Gasteiger partial charge < -0.3 is 26.0 Å². The first kappa shape index (κ1) is 22.6. The SMILES string of the molecule is CCOC(=O)C1=C(C)NC(=S)NC1c1ccc(NC(=S)Nc2c(C)cccc2F)cc1. The molecule has 2 aromatic carbocycles. The van der Waals surface area contributed by atoms with Gasteiger partial charge in [-0.3, -0.25) is 0 Å². The number of esters is 1. The van der Waals surface area contributed by atoms with Crippen LogP contribution in [0, 0.1) is 12.7 Å². The molecule has 0 spiro atoms. The summed E-state index contributed by atoms with van der Waals surface area (Å²) in [4.78, 5) is 12.5. The smallest absolute Gasteiger partial charge is 0.338 e. The molecule has 6 nitrogen and oxygen atoms in total. The van der Waals surface area contributed by atoms with E-state index in [0.29, 0.717) is 27.8 Å². The Kier molecular flexibility index (Phi) is 7.19. The largest absolute Gasteiger partial charge is 0.463 e. The normalized spacial score (nSPS) is 15.6. The molecule has 1 unspecified atom stereocenters. The fourth-order valence-electron chi connectivity index (χ4n) is 3.25. The molecule has 0 aromatic heterocycles. The number of hydrogen-bond acceptors (Lipinski definition) is 4. The van der Waals surface area contributed by atoms with Gasteiger partial charge in [-0.05, 0) is 74.5 Å². The number of carbonyl (C=O) groups is 1. The van der Waals surface area contributed by atoms with Crippen LogP contribution in [0.1, 0.15) is 31.0 Å². The van der Waals surface area contributed by atoms with Crippen molar-refractivity contribution < 1.29 is 13.9 Å². The number of ether oxygens (including phenoxy) is 1. The van der Waals surface area contributed by atoms with Crippen LogP contribution >= 0.6 is 24.4 Å². The van der Waals surface area contributed by atoms with Gasteiger partial charge in [-0.1, -0.05) is 24.3 Å². The van der Waals surface area contributed by atoms with Gasteiger partial charge in [0.1, 0.15) is 5.82 Å². The first-order valence-corrected chi connectivity index (χ1v) is 10.5. The summed E-state index contributed by atoms with van der Waals surface area (Å²) < 4.78 is 19.2. The Morgan fingerprint density at radius 3 is 2.52 bits per heavy atom. The zero-order valence-corrected chi connectivity index (χ0v) is 19.0. The Balaban J connectivity index is 1.76. The van der Waals surface area contributed by atoms with Crippen molar-refractivity contribution in [2.24, 2.45) is 0 Å². The molecule has 0 amide bonds. The van der Waals surface area contributed by atoms with Crippen LogP contribution in [0.15, 0.2) is 53.7 Å². The predicted molar refractivity (Wildman–Crippen MR) is 128 cm³/mol. The summed E-state index contributed by atoms with van der Waals surface area (Å²) in [6.07, 6.45) is 0. The number of allylic oxidation sites excluding steroid dienone is 1. The third kappa shape index (κ3) is 5.36. The van der Waals surface area contributed by atoms with Crippen molar-refractivity contribution in [1.29, 1.82) is 0 Å². The number of rotatable bonds is 5. The average molecular weight is 459 g/mol. The highest BCUT2D eigenvalue weighted by atomic mass is 32.1. The van der Waals surface area contributed by atoms with Crippen molar-refractivity contribution in [3.05, 3.63) is 70.7 Å². The van der Waals surface area contributed by atoms with E-state index in [9.17, 15) is 9.18 Å². The molecule has 0 aliphatic carbocycles. The van der Waals surface area contributed by atoms with E-state index in [1.807, 2.05) is 24.3 Å². The molecule has 0 bridgehead atoms. The van der Waals surface area contributed by atoms with Crippen LogP contribution in [0.2, 0.25) is 0 Å². The maximum absolute atomic E-state index is 14.0. The molecule has 0 fully saturated rings. The summed E-state index contributed by atoms with van der Waals surface area (Å²) in [5.74, 6) is -0.776. The number of nitrogens with one attached hydrogen (secondary N) is 4. The maximum Gasteiger partial charge on any atom is 0.338 e. The summed E-state index contributed by atoms with van der Waals surface area (Å²) in [5, 5.41) is 12.7. The van der Waals surface area contributed by atoms with Gasteiger partial charge in [-0.15, -0.1) is 0 Å². The molecule has 4 N–H and O–H groups in total. The number of anilines is 2. The Bertz CT molecular complexity index is 1030. The third-order valence-corrected chi connectivity index (χ3v) is 5.15. The average Bonchev–Trinajstić information content (AvgIpc) is 2.71. The van der Waals surface area contributed by atoms with Crippen LogP contribution < -0.4 is 21.3 Å². The number of halogens is 1. The van der Waals surface area contributed by atoms with Crippen molar-refractivity contribution in [3.8, 4) is 0 Å². The third-order valence-electron chi connectivity index (χ3n) is 4.73. The molecule has 1 heterocycles. The van der Waals surface area contributed by atoms with Gasteiger partial charge >= 0.3 is 5.97 Å². The van der Waals surface area contributed by atoms with Crippen LogP contribution in [0.4, 0.5) is 15.8 Å². The van der Waals surface area contributed by atoms with Crippen molar-refractivity contribution in [2.75, 3.05) is 17.2 Å². The van der Waals surface area contributed by atoms with Crippen molar-refractivity contribution in [1.82, 2.24) is 10.6 Å². The summed E-state index contributed by atoms with van der Waals surface area (Å²) in [6.45, 7) is 5.63. The lowest BCUT2D eigenvalue weighted by Gasteiger charge is -2.30. The molecule has 31 heavy (non-hydrogen) atoms. The number of hydrogen-bond donors (Lipinski definition) is 4. The number of aryl methyl sites for hydroxylation is 1. The second-order valence-electron chi connectivity index (χ2n) is 6.92. The molecule has 162 valence electrons. The molecule has 0 saturated heterocycles. The van der Waals surface area contributed by atoms with Crippen LogP contribution in [0.25, 0.3) is 0 Å². The molecule has 1 atom stereocenters. The second kappa shape index (κ2) is 9.84. The fraction of sp³-hybridized carbons (Fsp3) is 0.227. The predicted octanol–water partition coefficient (Wildman–Crippen LogP) is 4.30. The van der Waals surface area contributed by atoms with Crippen LogP contribution in [0.3, 0.4) is 0 Å². The fourth-order valence-corrected chi connectivity index (χ4v) is 3.74. The van der Waals surface area contributed by atoms with E-state index in [0.717, 1.165) is 11.1 Å². The van der Waals surface area contributed by atoms with E-state index in [1.165, 1.54) is 6.07 Å². The van der Waals surface area contributed by atoms with Crippen LogP contribution in [-0.4, -0.2) is 22.8 Å². The zero-order chi connectivity index (χ0) is 22.5. The summed E-state index contributed by atoms with van der Waals surface area (Å²) in [5.41, 5.74) is 3.76. The maximum atomic E-state index is 14.0. The topological polar surface area (TPSA) is 74.4 Å². The summed E-state index contributed by atoms with van der Waals surface area (Å²) in [6, 6.07) is 11.7. The van der Waals surface area contributed by atoms with E-state index in [-0.39, 0.29) is 17.5 Å². The first-order valence-electron chi connectivity index (χ1n) is 9.68.